The van der Waals surface area contributed by atoms with Crippen LogP contribution in [-0.2, 0) is 4.79 Å². The molecule has 0 saturated carbocycles. The van der Waals surface area contributed by atoms with Gasteiger partial charge in [0.05, 0.1) is 0 Å². The summed E-state index contributed by atoms with van der Waals surface area (Å²) in [5.41, 5.74) is 3.35. The first kappa shape index (κ1) is 13.9. The van der Waals surface area contributed by atoms with Gasteiger partial charge in [-0.15, -0.1) is 0 Å². The molecule has 0 radical (unpaired) electrons. The van der Waals surface area contributed by atoms with Crippen LogP contribution in [0.3, 0.4) is 0 Å². The number of benzene rings is 1. The fourth-order valence-corrected chi connectivity index (χ4v) is 2.60. The first-order chi connectivity index (χ1) is 9.06. The third-order valence-electron chi connectivity index (χ3n) is 3.07. The largest absolute Gasteiger partial charge is 0.478 e. The normalized spacial score (nSPS) is 15.7. The van der Waals surface area contributed by atoms with Crippen LogP contribution in [0.4, 0.5) is 5.69 Å². The van der Waals surface area contributed by atoms with Gasteiger partial charge in [0, 0.05) is 29.3 Å². The van der Waals surface area contributed by atoms with E-state index in [0.717, 1.165) is 35.2 Å². The van der Waals surface area contributed by atoms with Gasteiger partial charge in [-0.3, -0.25) is 0 Å². The summed E-state index contributed by atoms with van der Waals surface area (Å²) in [6.07, 6.45) is 6.11. The molecule has 0 bridgehead atoms. The minimum absolute atomic E-state index is 0.898. The molecule has 0 spiro atoms. The van der Waals surface area contributed by atoms with E-state index in [1.807, 2.05) is 18.2 Å². The second kappa shape index (κ2) is 6.06. The summed E-state index contributed by atoms with van der Waals surface area (Å²) in [5, 5.41) is 8.77. The fraction of sp³-hybridized carbons (Fsp3) is 0.267. The Kier molecular flexibility index (Phi) is 4.43. The van der Waals surface area contributed by atoms with Gasteiger partial charge in [-0.05, 0) is 43.2 Å². The second-order valence-corrected chi connectivity index (χ2v) is 5.55. The van der Waals surface area contributed by atoms with Crippen molar-refractivity contribution in [1.29, 1.82) is 0 Å². The van der Waals surface area contributed by atoms with Crippen LogP contribution >= 0.6 is 15.9 Å². The van der Waals surface area contributed by atoms with Crippen molar-refractivity contribution >= 4 is 33.7 Å². The van der Waals surface area contributed by atoms with Gasteiger partial charge in [0.2, 0.25) is 0 Å². The van der Waals surface area contributed by atoms with Gasteiger partial charge in [0.25, 0.3) is 0 Å². The van der Waals surface area contributed by atoms with Gasteiger partial charge in [-0.25, -0.2) is 4.79 Å². The molecule has 1 aromatic rings. The molecule has 0 aromatic heterocycles. The number of hydrogen-bond donors (Lipinski definition) is 1. The summed E-state index contributed by atoms with van der Waals surface area (Å²) < 4.78 is 0.950. The molecule has 4 heteroatoms. The van der Waals surface area contributed by atoms with E-state index in [4.69, 9.17) is 5.11 Å². The van der Waals surface area contributed by atoms with E-state index in [1.165, 1.54) is 11.6 Å². The quantitative estimate of drug-likeness (QED) is 0.681. The molecule has 2 rings (SSSR count). The SMILES string of the molecule is CC1=CCCN(c2ccc(Br)cc2/C=C/C(=O)O)C1. The summed E-state index contributed by atoms with van der Waals surface area (Å²) in [4.78, 5) is 13.0. The molecule has 0 atom stereocenters. The molecule has 1 N–H and O–H groups in total. The number of carbonyl (C=O) groups is 1. The van der Waals surface area contributed by atoms with Gasteiger partial charge in [-0.2, -0.15) is 0 Å². The topological polar surface area (TPSA) is 40.5 Å². The van der Waals surface area contributed by atoms with E-state index in [9.17, 15) is 4.79 Å². The van der Waals surface area contributed by atoms with Crippen molar-refractivity contribution in [3.63, 3.8) is 0 Å². The van der Waals surface area contributed by atoms with Gasteiger partial charge >= 0.3 is 5.97 Å². The molecular weight excluding hydrogens is 306 g/mol. The van der Waals surface area contributed by atoms with Crippen molar-refractivity contribution in [2.45, 2.75) is 13.3 Å². The van der Waals surface area contributed by atoms with Crippen molar-refractivity contribution < 1.29 is 9.90 Å². The molecular formula is C15H16BrNO2. The van der Waals surface area contributed by atoms with Crippen LogP contribution < -0.4 is 4.90 Å². The van der Waals surface area contributed by atoms with Crippen molar-refractivity contribution in [3.05, 3.63) is 46.0 Å². The average molecular weight is 322 g/mol. The Morgan fingerprint density at radius 3 is 2.95 bits per heavy atom. The zero-order valence-electron chi connectivity index (χ0n) is 10.8. The maximum Gasteiger partial charge on any atom is 0.328 e. The van der Waals surface area contributed by atoms with Crippen molar-refractivity contribution in [2.75, 3.05) is 18.0 Å². The van der Waals surface area contributed by atoms with Gasteiger partial charge < -0.3 is 10.0 Å². The average Bonchev–Trinajstić information content (AvgIpc) is 2.36. The Labute approximate surface area is 121 Å². The van der Waals surface area contributed by atoms with E-state index in [0.29, 0.717) is 0 Å². The molecule has 3 nitrogen and oxygen atoms in total. The Hall–Kier alpha value is -1.55. The number of halogens is 1. The molecule has 0 fully saturated rings. The first-order valence-corrected chi connectivity index (χ1v) is 6.96. The van der Waals surface area contributed by atoms with Crippen LogP contribution in [-0.4, -0.2) is 24.2 Å². The van der Waals surface area contributed by atoms with E-state index in [-0.39, 0.29) is 0 Å². The summed E-state index contributed by atoms with van der Waals surface area (Å²) in [5.74, 6) is -0.930. The van der Waals surface area contributed by atoms with E-state index in [2.05, 4.69) is 33.8 Å². The number of anilines is 1. The monoisotopic (exact) mass is 321 g/mol. The molecule has 0 saturated heterocycles. The van der Waals surface area contributed by atoms with Crippen LogP contribution in [0.15, 0.2) is 40.4 Å². The Balaban J connectivity index is 2.34. The third-order valence-corrected chi connectivity index (χ3v) is 3.56. The molecule has 1 heterocycles. The molecule has 0 aliphatic carbocycles. The van der Waals surface area contributed by atoms with Crippen LogP contribution in [0.1, 0.15) is 18.9 Å². The van der Waals surface area contributed by atoms with Crippen LogP contribution in [0.2, 0.25) is 0 Å². The third kappa shape index (κ3) is 3.70. The fourth-order valence-electron chi connectivity index (χ4n) is 2.22. The predicted molar refractivity (Wildman–Crippen MR) is 81.4 cm³/mol. The minimum atomic E-state index is -0.930. The lowest BCUT2D eigenvalue weighted by Gasteiger charge is -2.29. The number of nitrogens with zero attached hydrogens (tertiary/aromatic N) is 1. The van der Waals surface area contributed by atoms with Gasteiger partial charge in [0.15, 0.2) is 0 Å². The number of carboxylic acid groups (broad SMARTS) is 1. The molecule has 0 unspecified atom stereocenters. The lowest BCUT2D eigenvalue weighted by Crippen LogP contribution is -2.29. The van der Waals surface area contributed by atoms with Gasteiger partial charge in [0.1, 0.15) is 0 Å². The number of hydrogen-bond acceptors (Lipinski definition) is 2. The number of carboxylic acids is 1. The smallest absolute Gasteiger partial charge is 0.328 e. The maximum absolute atomic E-state index is 10.7. The van der Waals surface area contributed by atoms with Crippen molar-refractivity contribution in [3.8, 4) is 0 Å². The second-order valence-electron chi connectivity index (χ2n) is 4.64. The number of aliphatic carboxylic acids is 1. The summed E-state index contributed by atoms with van der Waals surface area (Å²) >= 11 is 3.43. The Bertz CT molecular complexity index is 549. The maximum atomic E-state index is 10.7. The van der Waals surface area contributed by atoms with Crippen molar-refractivity contribution in [2.24, 2.45) is 0 Å². The molecule has 1 aromatic carbocycles. The Morgan fingerprint density at radius 1 is 1.47 bits per heavy atom. The van der Waals surface area contributed by atoms with Crippen LogP contribution in [0, 0.1) is 0 Å². The Morgan fingerprint density at radius 2 is 2.26 bits per heavy atom. The molecule has 1 aliphatic rings. The molecule has 1 aliphatic heterocycles. The zero-order valence-corrected chi connectivity index (χ0v) is 12.4. The molecule has 100 valence electrons. The highest BCUT2D eigenvalue weighted by atomic mass is 79.9. The number of rotatable bonds is 3. The highest BCUT2D eigenvalue weighted by molar-refractivity contribution is 9.10. The van der Waals surface area contributed by atoms with E-state index >= 15 is 0 Å². The van der Waals surface area contributed by atoms with Gasteiger partial charge in [-0.1, -0.05) is 27.6 Å². The van der Waals surface area contributed by atoms with Crippen LogP contribution in [0.25, 0.3) is 6.08 Å². The highest BCUT2D eigenvalue weighted by Gasteiger charge is 2.13. The summed E-state index contributed by atoms with van der Waals surface area (Å²) in [6.45, 7) is 3.99. The van der Waals surface area contributed by atoms with E-state index < -0.39 is 5.97 Å². The standard InChI is InChI=1S/C15H16BrNO2/c1-11-3-2-8-17(10-11)14-6-5-13(16)9-12(14)4-7-15(18)19/h3-7,9H,2,8,10H2,1H3,(H,18,19)/b7-4+. The zero-order chi connectivity index (χ0) is 13.8. The minimum Gasteiger partial charge on any atom is -0.478 e. The molecule has 0 amide bonds. The van der Waals surface area contributed by atoms with Crippen LogP contribution in [0.5, 0.6) is 0 Å². The lowest BCUT2D eigenvalue weighted by molar-refractivity contribution is -0.131. The first-order valence-electron chi connectivity index (χ1n) is 6.17. The summed E-state index contributed by atoms with van der Waals surface area (Å²) in [6, 6.07) is 5.97. The van der Waals surface area contributed by atoms with Crippen molar-refractivity contribution in [1.82, 2.24) is 0 Å². The predicted octanol–water partition coefficient (Wildman–Crippen LogP) is 3.70. The molecule has 19 heavy (non-hydrogen) atoms. The lowest BCUT2D eigenvalue weighted by atomic mass is 10.1. The summed E-state index contributed by atoms with van der Waals surface area (Å²) in [7, 11) is 0. The van der Waals surface area contributed by atoms with E-state index in [1.54, 1.807) is 6.08 Å². The highest BCUT2D eigenvalue weighted by Crippen LogP contribution is 2.28.